The lowest BCUT2D eigenvalue weighted by Gasteiger charge is -2.07. The Morgan fingerprint density at radius 1 is 1.38 bits per heavy atom. The van der Waals surface area contributed by atoms with Crippen molar-refractivity contribution in [1.82, 2.24) is 4.72 Å². The fourth-order valence-corrected chi connectivity index (χ4v) is 3.18. The van der Waals surface area contributed by atoms with E-state index < -0.39 is 10.0 Å². The molecule has 1 aliphatic carbocycles. The average Bonchev–Trinajstić information content (AvgIpc) is 2.78. The van der Waals surface area contributed by atoms with Crippen LogP contribution in [0.15, 0.2) is 23.1 Å². The van der Waals surface area contributed by atoms with Crippen LogP contribution in [-0.2, 0) is 10.0 Å². The molecule has 0 heterocycles. The van der Waals surface area contributed by atoms with E-state index in [1.807, 2.05) is 13.8 Å². The molecule has 0 aliphatic heterocycles. The van der Waals surface area contributed by atoms with Gasteiger partial charge in [0.1, 0.15) is 0 Å². The highest BCUT2D eigenvalue weighted by Gasteiger charge is 2.36. The summed E-state index contributed by atoms with van der Waals surface area (Å²) < 4.78 is 26.6. The van der Waals surface area contributed by atoms with Gasteiger partial charge in [0.05, 0.1) is 4.90 Å². The average molecular weight is 240 g/mol. The second-order valence-electron chi connectivity index (χ2n) is 4.52. The molecule has 1 aromatic carbocycles. The van der Waals surface area contributed by atoms with Crippen molar-refractivity contribution in [2.24, 2.45) is 5.92 Å². The number of hydrogen-bond donors (Lipinski definition) is 2. The maximum Gasteiger partial charge on any atom is 0.240 e. The number of aryl methyl sites for hydroxylation is 1. The van der Waals surface area contributed by atoms with Crippen LogP contribution in [0.5, 0.6) is 0 Å². The van der Waals surface area contributed by atoms with Gasteiger partial charge in [0.25, 0.3) is 0 Å². The third-order valence-electron chi connectivity index (χ3n) is 2.80. The van der Waals surface area contributed by atoms with Crippen LogP contribution in [0.25, 0.3) is 0 Å². The highest BCUT2D eigenvalue weighted by atomic mass is 32.2. The van der Waals surface area contributed by atoms with Crippen LogP contribution >= 0.6 is 0 Å². The minimum atomic E-state index is -3.40. The monoisotopic (exact) mass is 240 g/mol. The topological polar surface area (TPSA) is 72.2 Å². The van der Waals surface area contributed by atoms with Gasteiger partial charge in [-0.15, -0.1) is 0 Å². The molecule has 0 amide bonds. The lowest BCUT2D eigenvalue weighted by atomic mass is 10.2. The van der Waals surface area contributed by atoms with Gasteiger partial charge >= 0.3 is 0 Å². The summed E-state index contributed by atoms with van der Waals surface area (Å²) in [4.78, 5) is 0.254. The zero-order chi connectivity index (χ0) is 11.9. The molecule has 1 fully saturated rings. The normalized spacial score (nSPS) is 24.4. The van der Waals surface area contributed by atoms with Crippen LogP contribution in [0.3, 0.4) is 0 Å². The van der Waals surface area contributed by atoms with Crippen molar-refractivity contribution < 1.29 is 8.42 Å². The first-order valence-electron chi connectivity index (χ1n) is 5.28. The molecule has 0 bridgehead atoms. The van der Waals surface area contributed by atoms with Gasteiger partial charge in [-0.1, -0.05) is 6.92 Å². The third-order valence-corrected chi connectivity index (χ3v) is 4.27. The number of anilines is 1. The zero-order valence-corrected chi connectivity index (χ0v) is 10.2. The molecule has 1 aliphatic rings. The molecule has 0 saturated heterocycles. The van der Waals surface area contributed by atoms with Gasteiger partial charge in [-0.25, -0.2) is 13.1 Å². The Hall–Kier alpha value is -1.07. The van der Waals surface area contributed by atoms with Crippen molar-refractivity contribution in [2.45, 2.75) is 31.2 Å². The van der Waals surface area contributed by atoms with Gasteiger partial charge in [-0.05, 0) is 43.0 Å². The van der Waals surface area contributed by atoms with Crippen LogP contribution in [0.4, 0.5) is 5.69 Å². The van der Waals surface area contributed by atoms with Gasteiger partial charge in [-0.2, -0.15) is 0 Å². The van der Waals surface area contributed by atoms with Crippen molar-refractivity contribution in [1.29, 1.82) is 0 Å². The minimum Gasteiger partial charge on any atom is -0.399 e. The van der Waals surface area contributed by atoms with E-state index in [0.717, 1.165) is 12.0 Å². The van der Waals surface area contributed by atoms with Gasteiger partial charge in [0.15, 0.2) is 0 Å². The summed E-state index contributed by atoms with van der Waals surface area (Å²) in [6, 6.07) is 4.96. The summed E-state index contributed by atoms with van der Waals surface area (Å²) in [6.07, 6.45) is 0.917. The lowest BCUT2D eigenvalue weighted by molar-refractivity contribution is 0.578. The summed E-state index contributed by atoms with van der Waals surface area (Å²) in [7, 11) is -3.40. The van der Waals surface area contributed by atoms with Crippen molar-refractivity contribution in [3.05, 3.63) is 23.8 Å². The number of sulfonamides is 1. The SMILES string of the molecule is Cc1cc(N)cc(S(=O)(=O)NC2CC2C)c1. The highest BCUT2D eigenvalue weighted by molar-refractivity contribution is 7.89. The maximum atomic E-state index is 12.0. The molecule has 2 rings (SSSR count). The van der Waals surface area contributed by atoms with Crippen LogP contribution in [0, 0.1) is 12.8 Å². The van der Waals surface area contributed by atoms with Crippen molar-refractivity contribution >= 4 is 15.7 Å². The van der Waals surface area contributed by atoms with Gasteiger partial charge in [-0.3, -0.25) is 0 Å². The fourth-order valence-electron chi connectivity index (χ4n) is 1.69. The summed E-state index contributed by atoms with van der Waals surface area (Å²) in [5, 5.41) is 0. The lowest BCUT2D eigenvalue weighted by Crippen LogP contribution is -2.26. The first-order valence-corrected chi connectivity index (χ1v) is 6.76. The molecular weight excluding hydrogens is 224 g/mol. The van der Waals surface area contributed by atoms with E-state index in [9.17, 15) is 8.42 Å². The Bertz CT molecular complexity index is 490. The number of benzene rings is 1. The van der Waals surface area contributed by atoms with E-state index in [4.69, 9.17) is 5.73 Å². The molecule has 2 atom stereocenters. The first-order chi connectivity index (χ1) is 7.38. The van der Waals surface area contributed by atoms with Crippen molar-refractivity contribution in [3.8, 4) is 0 Å². The Balaban J connectivity index is 2.28. The highest BCUT2D eigenvalue weighted by Crippen LogP contribution is 2.31. The molecular formula is C11H16N2O2S. The summed E-state index contributed by atoms with van der Waals surface area (Å²) in [6.45, 7) is 3.85. The maximum absolute atomic E-state index is 12.0. The molecule has 3 N–H and O–H groups in total. The molecule has 16 heavy (non-hydrogen) atoms. The Morgan fingerprint density at radius 3 is 2.50 bits per heavy atom. The number of nitrogens with two attached hydrogens (primary N) is 1. The van der Waals surface area contributed by atoms with Crippen LogP contribution in [-0.4, -0.2) is 14.5 Å². The Labute approximate surface area is 95.9 Å². The number of nitrogen functional groups attached to an aromatic ring is 1. The van der Waals surface area contributed by atoms with Crippen LogP contribution in [0.1, 0.15) is 18.9 Å². The van der Waals surface area contributed by atoms with E-state index in [1.54, 1.807) is 12.1 Å². The van der Waals surface area contributed by atoms with Gasteiger partial charge in [0.2, 0.25) is 10.0 Å². The van der Waals surface area contributed by atoms with Gasteiger partial charge < -0.3 is 5.73 Å². The molecule has 0 radical (unpaired) electrons. The largest absolute Gasteiger partial charge is 0.399 e. The Morgan fingerprint density at radius 2 is 2.00 bits per heavy atom. The molecule has 1 aromatic rings. The van der Waals surface area contributed by atoms with Crippen LogP contribution in [0.2, 0.25) is 0 Å². The minimum absolute atomic E-state index is 0.0896. The summed E-state index contributed by atoms with van der Waals surface area (Å²) in [5.74, 6) is 0.442. The van der Waals surface area contributed by atoms with E-state index >= 15 is 0 Å². The van der Waals surface area contributed by atoms with E-state index in [-0.39, 0.29) is 10.9 Å². The van der Waals surface area contributed by atoms with E-state index in [2.05, 4.69) is 4.72 Å². The van der Waals surface area contributed by atoms with Gasteiger partial charge in [0, 0.05) is 11.7 Å². The fraction of sp³-hybridized carbons (Fsp3) is 0.455. The Kier molecular flexibility index (Phi) is 2.67. The molecule has 0 aromatic heterocycles. The predicted molar refractivity (Wildman–Crippen MR) is 63.5 cm³/mol. The first kappa shape index (κ1) is 11.4. The van der Waals surface area contributed by atoms with E-state index in [0.29, 0.717) is 11.6 Å². The third kappa shape index (κ3) is 2.36. The molecule has 5 heteroatoms. The molecule has 0 spiro atoms. The standard InChI is InChI=1S/C11H16N2O2S/c1-7-3-9(12)6-10(4-7)16(14,15)13-11-5-8(11)2/h3-4,6,8,11,13H,5,12H2,1-2H3. The smallest absolute Gasteiger partial charge is 0.240 e. The van der Waals surface area contributed by atoms with Crippen LogP contribution < -0.4 is 10.5 Å². The number of rotatable bonds is 3. The van der Waals surface area contributed by atoms with Crippen molar-refractivity contribution in [3.63, 3.8) is 0 Å². The molecule has 1 saturated carbocycles. The summed E-state index contributed by atoms with van der Waals surface area (Å²) in [5.41, 5.74) is 6.96. The van der Waals surface area contributed by atoms with E-state index in [1.165, 1.54) is 6.07 Å². The molecule has 2 unspecified atom stereocenters. The predicted octanol–water partition coefficient (Wildman–Crippen LogP) is 1.26. The summed E-state index contributed by atoms with van der Waals surface area (Å²) >= 11 is 0. The molecule has 4 nitrogen and oxygen atoms in total. The quantitative estimate of drug-likeness (QED) is 0.781. The van der Waals surface area contributed by atoms with Crippen molar-refractivity contribution in [2.75, 3.05) is 5.73 Å². The second kappa shape index (κ2) is 3.75. The number of hydrogen-bond acceptors (Lipinski definition) is 3. The molecule has 88 valence electrons. The second-order valence-corrected chi connectivity index (χ2v) is 6.23. The number of nitrogens with one attached hydrogen (secondary N) is 1. The zero-order valence-electron chi connectivity index (χ0n) is 9.40.